The standard InChI is InChI=1S/C8H4N2OS2/c9-1-4-2-12-8-6(4)5(3-13-8)7(10)11/h2-3H,(H2,10,11). The Morgan fingerprint density at radius 1 is 1.46 bits per heavy atom. The van der Waals surface area contributed by atoms with Crippen LogP contribution in [0.5, 0.6) is 0 Å². The Kier molecular flexibility index (Phi) is 1.79. The van der Waals surface area contributed by atoms with Crippen LogP contribution in [-0.2, 0) is 0 Å². The van der Waals surface area contributed by atoms with Crippen LogP contribution in [0.25, 0.3) is 9.40 Å². The third-order valence-electron chi connectivity index (χ3n) is 1.70. The van der Waals surface area contributed by atoms with Gasteiger partial charge < -0.3 is 5.73 Å². The number of nitrogens with two attached hydrogens (primary N) is 1. The summed E-state index contributed by atoms with van der Waals surface area (Å²) in [6.07, 6.45) is 0. The normalized spacial score (nSPS) is 10.1. The van der Waals surface area contributed by atoms with E-state index in [1.54, 1.807) is 10.8 Å². The van der Waals surface area contributed by atoms with Crippen LogP contribution >= 0.6 is 22.7 Å². The number of carbonyl (C=O) groups is 1. The van der Waals surface area contributed by atoms with E-state index in [0.717, 1.165) is 4.01 Å². The number of primary amides is 1. The summed E-state index contributed by atoms with van der Waals surface area (Å²) in [6, 6.07) is 2.04. The monoisotopic (exact) mass is 208 g/mol. The highest BCUT2D eigenvalue weighted by atomic mass is 32.2. The van der Waals surface area contributed by atoms with E-state index in [1.165, 1.54) is 22.7 Å². The first-order valence-corrected chi connectivity index (χ1v) is 5.18. The van der Waals surface area contributed by atoms with Gasteiger partial charge in [0, 0.05) is 16.1 Å². The lowest BCUT2D eigenvalue weighted by Crippen LogP contribution is -2.09. The molecule has 2 aromatic heterocycles. The van der Waals surface area contributed by atoms with E-state index >= 15 is 0 Å². The molecular formula is C8H4N2OS2. The maximum Gasteiger partial charge on any atom is 0.250 e. The number of fused-ring (bicyclic) bond motifs is 1. The predicted octanol–water partition coefficient (Wildman–Crippen LogP) is 1.93. The van der Waals surface area contributed by atoms with Crippen molar-refractivity contribution in [1.82, 2.24) is 0 Å². The molecule has 64 valence electrons. The Balaban J connectivity index is 2.85. The fraction of sp³-hybridized carbons (Fsp3) is 0. The fourth-order valence-electron chi connectivity index (χ4n) is 1.12. The van der Waals surface area contributed by atoms with Crippen LogP contribution in [0.2, 0.25) is 0 Å². The highest BCUT2D eigenvalue weighted by molar-refractivity contribution is 7.37. The molecule has 2 N–H and O–H groups in total. The number of carbonyl (C=O) groups excluding carboxylic acids is 1. The van der Waals surface area contributed by atoms with Crippen molar-refractivity contribution in [3.8, 4) is 6.07 Å². The molecule has 0 saturated heterocycles. The van der Waals surface area contributed by atoms with Crippen molar-refractivity contribution in [2.45, 2.75) is 0 Å². The molecule has 2 rings (SSSR count). The molecule has 0 fully saturated rings. The van der Waals surface area contributed by atoms with Crippen LogP contribution < -0.4 is 5.73 Å². The zero-order chi connectivity index (χ0) is 9.42. The lowest BCUT2D eigenvalue weighted by atomic mass is 10.2. The zero-order valence-electron chi connectivity index (χ0n) is 6.40. The van der Waals surface area contributed by atoms with Crippen molar-refractivity contribution in [2.75, 3.05) is 0 Å². The highest BCUT2D eigenvalue weighted by Gasteiger charge is 2.14. The lowest BCUT2D eigenvalue weighted by Gasteiger charge is -1.88. The maximum atomic E-state index is 11.0. The van der Waals surface area contributed by atoms with Gasteiger partial charge in [-0.2, -0.15) is 5.26 Å². The third kappa shape index (κ3) is 1.11. The molecule has 0 bridgehead atoms. The second-order valence-electron chi connectivity index (χ2n) is 2.44. The Labute approximate surface area is 82.0 Å². The molecule has 0 aromatic carbocycles. The van der Waals surface area contributed by atoms with E-state index in [-0.39, 0.29) is 0 Å². The molecule has 2 aromatic rings. The maximum absolute atomic E-state index is 11.0. The van der Waals surface area contributed by atoms with Gasteiger partial charge in [-0.3, -0.25) is 4.79 Å². The molecule has 1 amide bonds. The topological polar surface area (TPSA) is 66.9 Å². The van der Waals surface area contributed by atoms with E-state index < -0.39 is 5.91 Å². The van der Waals surface area contributed by atoms with E-state index in [4.69, 9.17) is 11.0 Å². The molecular weight excluding hydrogens is 204 g/mol. The molecule has 3 nitrogen and oxygen atoms in total. The van der Waals surface area contributed by atoms with Gasteiger partial charge in [0.15, 0.2) is 0 Å². The Bertz CT molecular complexity index is 518. The van der Waals surface area contributed by atoms with E-state index in [1.807, 2.05) is 6.07 Å². The molecule has 5 heteroatoms. The van der Waals surface area contributed by atoms with Gasteiger partial charge in [0.25, 0.3) is 0 Å². The van der Waals surface area contributed by atoms with Gasteiger partial charge in [-0.25, -0.2) is 0 Å². The molecule has 0 saturated carbocycles. The van der Waals surface area contributed by atoms with Crippen molar-refractivity contribution < 1.29 is 4.79 Å². The smallest absolute Gasteiger partial charge is 0.250 e. The van der Waals surface area contributed by atoms with E-state index in [0.29, 0.717) is 16.5 Å². The van der Waals surface area contributed by atoms with Crippen LogP contribution in [0.3, 0.4) is 0 Å². The number of hydrogen-bond donors (Lipinski definition) is 1. The van der Waals surface area contributed by atoms with Crippen LogP contribution in [0.1, 0.15) is 15.9 Å². The highest BCUT2D eigenvalue weighted by Crippen LogP contribution is 2.33. The van der Waals surface area contributed by atoms with Crippen molar-refractivity contribution in [1.29, 1.82) is 5.26 Å². The van der Waals surface area contributed by atoms with Crippen molar-refractivity contribution in [2.24, 2.45) is 5.73 Å². The van der Waals surface area contributed by atoms with Crippen molar-refractivity contribution in [3.63, 3.8) is 0 Å². The van der Waals surface area contributed by atoms with Gasteiger partial charge in [-0.15, -0.1) is 22.7 Å². The van der Waals surface area contributed by atoms with E-state index in [2.05, 4.69) is 0 Å². The zero-order valence-corrected chi connectivity index (χ0v) is 8.04. The molecule has 0 aliphatic rings. The Morgan fingerprint density at radius 2 is 2.15 bits per heavy atom. The molecule has 0 atom stereocenters. The summed E-state index contributed by atoms with van der Waals surface area (Å²) >= 11 is 2.91. The van der Waals surface area contributed by atoms with Gasteiger partial charge in [-0.1, -0.05) is 0 Å². The van der Waals surface area contributed by atoms with Gasteiger partial charge in [0.1, 0.15) is 6.07 Å². The van der Waals surface area contributed by atoms with Crippen LogP contribution in [-0.4, -0.2) is 5.91 Å². The quantitative estimate of drug-likeness (QED) is 0.778. The molecule has 0 aliphatic carbocycles. The number of hydrogen-bond acceptors (Lipinski definition) is 4. The molecule has 0 spiro atoms. The van der Waals surface area contributed by atoms with Crippen molar-refractivity contribution in [3.05, 3.63) is 21.9 Å². The summed E-state index contributed by atoms with van der Waals surface area (Å²) in [7, 11) is 0. The average Bonchev–Trinajstić information content (AvgIpc) is 2.61. The first-order chi connectivity index (χ1) is 6.24. The van der Waals surface area contributed by atoms with Gasteiger partial charge in [0.2, 0.25) is 5.91 Å². The summed E-state index contributed by atoms with van der Waals surface area (Å²) in [5.41, 5.74) is 6.16. The average molecular weight is 208 g/mol. The minimum Gasteiger partial charge on any atom is -0.366 e. The summed E-state index contributed by atoms with van der Waals surface area (Å²) in [6.45, 7) is 0. The first kappa shape index (κ1) is 8.23. The van der Waals surface area contributed by atoms with Crippen LogP contribution in [0, 0.1) is 11.3 Å². The summed E-state index contributed by atoms with van der Waals surface area (Å²) < 4.78 is 0.977. The Hall–Kier alpha value is -1.38. The molecule has 0 unspecified atom stereocenters. The van der Waals surface area contributed by atoms with Crippen molar-refractivity contribution >= 4 is 38.0 Å². The summed E-state index contributed by atoms with van der Waals surface area (Å²) in [5, 5.41) is 12.9. The van der Waals surface area contributed by atoms with E-state index in [9.17, 15) is 4.79 Å². The first-order valence-electron chi connectivity index (χ1n) is 3.42. The van der Waals surface area contributed by atoms with Crippen LogP contribution in [0.15, 0.2) is 10.8 Å². The number of nitriles is 1. The largest absolute Gasteiger partial charge is 0.366 e. The second-order valence-corrected chi connectivity index (χ2v) is 4.45. The second kappa shape index (κ2) is 2.83. The van der Waals surface area contributed by atoms with Crippen LogP contribution in [0.4, 0.5) is 0 Å². The minimum atomic E-state index is -0.471. The number of amides is 1. The predicted molar refractivity (Wildman–Crippen MR) is 52.9 cm³/mol. The lowest BCUT2D eigenvalue weighted by molar-refractivity contribution is 0.100. The minimum absolute atomic E-state index is 0.456. The third-order valence-corrected chi connectivity index (χ3v) is 3.82. The molecule has 0 radical (unpaired) electrons. The van der Waals surface area contributed by atoms with Gasteiger partial charge in [-0.05, 0) is 0 Å². The number of rotatable bonds is 1. The Morgan fingerprint density at radius 3 is 2.77 bits per heavy atom. The number of thiophene rings is 2. The number of nitrogens with zero attached hydrogens (tertiary/aromatic N) is 1. The summed E-state index contributed by atoms with van der Waals surface area (Å²) in [5.74, 6) is -0.471. The molecule has 0 aliphatic heterocycles. The van der Waals surface area contributed by atoms with Gasteiger partial charge in [0.05, 0.1) is 15.1 Å². The molecule has 2 heterocycles. The SMILES string of the molecule is N#Cc1csc2scc(C(N)=O)c12. The molecule has 13 heavy (non-hydrogen) atoms. The fourth-order valence-corrected chi connectivity index (χ4v) is 3.16. The summed E-state index contributed by atoms with van der Waals surface area (Å²) in [4.78, 5) is 11.0. The van der Waals surface area contributed by atoms with Gasteiger partial charge >= 0.3 is 0 Å².